The van der Waals surface area contributed by atoms with Gasteiger partial charge in [0.1, 0.15) is 0 Å². The Hall–Kier alpha value is -2.56. The molecule has 0 unspecified atom stereocenters. The van der Waals surface area contributed by atoms with Crippen molar-refractivity contribution in [2.24, 2.45) is 7.05 Å². The van der Waals surface area contributed by atoms with Crippen LogP contribution in [0.25, 0.3) is 0 Å². The Morgan fingerprint density at radius 3 is 2.61 bits per heavy atom. The molecule has 2 aromatic heterocycles. The van der Waals surface area contributed by atoms with Gasteiger partial charge < -0.3 is 14.8 Å². The van der Waals surface area contributed by atoms with Crippen LogP contribution >= 0.6 is 22.6 Å². The third-order valence-electron chi connectivity index (χ3n) is 3.84. The predicted molar refractivity (Wildman–Crippen MR) is 114 cm³/mol. The van der Waals surface area contributed by atoms with E-state index in [1.165, 1.54) is 0 Å². The molecule has 0 radical (unpaired) electrons. The Labute approximate surface area is 177 Å². The van der Waals surface area contributed by atoms with E-state index in [1.807, 2.05) is 32.0 Å². The van der Waals surface area contributed by atoms with Gasteiger partial charge in [0, 0.05) is 19.4 Å². The van der Waals surface area contributed by atoms with E-state index in [1.54, 1.807) is 35.0 Å². The second-order valence-electron chi connectivity index (χ2n) is 6.03. The van der Waals surface area contributed by atoms with Crippen molar-refractivity contribution in [2.75, 3.05) is 18.5 Å². The zero-order valence-electron chi connectivity index (χ0n) is 16.0. The molecule has 1 amide bonds. The molecule has 0 saturated carbocycles. The monoisotopic (exact) mass is 495 g/mol. The van der Waals surface area contributed by atoms with E-state index in [9.17, 15) is 4.79 Å². The average molecular weight is 495 g/mol. The summed E-state index contributed by atoms with van der Waals surface area (Å²) in [6.45, 7) is 5.57. The van der Waals surface area contributed by atoms with E-state index in [0.717, 1.165) is 14.9 Å². The third kappa shape index (κ3) is 4.83. The van der Waals surface area contributed by atoms with Gasteiger partial charge in [0.15, 0.2) is 17.2 Å². The number of anilines is 1. The number of nitrogens with one attached hydrogen (secondary N) is 1. The maximum Gasteiger partial charge on any atom is 0.277 e. The number of ether oxygens (including phenoxy) is 2. The van der Waals surface area contributed by atoms with Gasteiger partial charge in [-0.3, -0.25) is 14.2 Å². The second-order valence-corrected chi connectivity index (χ2v) is 7.19. The molecule has 8 nitrogen and oxygen atoms in total. The van der Waals surface area contributed by atoms with Crippen molar-refractivity contribution in [1.82, 2.24) is 19.6 Å². The van der Waals surface area contributed by atoms with E-state index < -0.39 is 0 Å². The van der Waals surface area contributed by atoms with Crippen LogP contribution in [0.4, 0.5) is 5.69 Å². The van der Waals surface area contributed by atoms with Gasteiger partial charge in [0.25, 0.3) is 5.91 Å². The Morgan fingerprint density at radius 2 is 1.93 bits per heavy atom. The van der Waals surface area contributed by atoms with Crippen molar-refractivity contribution in [3.05, 3.63) is 51.6 Å². The summed E-state index contributed by atoms with van der Waals surface area (Å²) < 4.78 is 15.4. The number of carbonyl (C=O) groups excluding carboxylic acids is 1. The number of hydrogen-bond acceptors (Lipinski definition) is 5. The number of amides is 1. The first-order valence-corrected chi connectivity index (χ1v) is 9.99. The molecule has 148 valence electrons. The number of rotatable bonds is 8. The van der Waals surface area contributed by atoms with Gasteiger partial charge in [-0.05, 0) is 54.1 Å². The molecule has 1 N–H and O–H groups in total. The molecule has 3 aromatic rings. The van der Waals surface area contributed by atoms with Crippen molar-refractivity contribution < 1.29 is 14.3 Å². The number of benzene rings is 1. The third-order valence-corrected chi connectivity index (χ3v) is 4.63. The van der Waals surface area contributed by atoms with E-state index in [0.29, 0.717) is 36.9 Å². The largest absolute Gasteiger partial charge is 0.490 e. The molecule has 0 aliphatic carbocycles. The van der Waals surface area contributed by atoms with Crippen LogP contribution in [0.1, 0.15) is 29.9 Å². The van der Waals surface area contributed by atoms with Crippen molar-refractivity contribution in [3.63, 3.8) is 0 Å². The molecular weight excluding hydrogens is 473 g/mol. The smallest absolute Gasteiger partial charge is 0.277 e. The van der Waals surface area contributed by atoms with E-state index in [2.05, 4.69) is 38.1 Å². The summed E-state index contributed by atoms with van der Waals surface area (Å²) in [4.78, 5) is 12.4. The lowest BCUT2D eigenvalue weighted by atomic mass is 10.2. The van der Waals surface area contributed by atoms with Gasteiger partial charge in [-0.15, -0.1) is 0 Å². The highest BCUT2D eigenvalue weighted by atomic mass is 127. The molecule has 28 heavy (non-hydrogen) atoms. The number of aromatic nitrogens is 4. The average Bonchev–Trinajstić information content (AvgIpc) is 3.23. The van der Waals surface area contributed by atoms with E-state index >= 15 is 0 Å². The maximum atomic E-state index is 12.4. The fraction of sp³-hybridized carbons (Fsp3) is 0.316. The lowest BCUT2D eigenvalue weighted by molar-refractivity contribution is 0.102. The molecule has 0 aliphatic rings. The first-order valence-electron chi connectivity index (χ1n) is 8.91. The van der Waals surface area contributed by atoms with Crippen LogP contribution in [0.2, 0.25) is 0 Å². The minimum Gasteiger partial charge on any atom is -0.490 e. The van der Waals surface area contributed by atoms with Crippen LogP contribution < -0.4 is 14.8 Å². The second kappa shape index (κ2) is 9.09. The quantitative estimate of drug-likeness (QED) is 0.485. The van der Waals surface area contributed by atoms with Gasteiger partial charge in [-0.1, -0.05) is 6.07 Å². The Balaban J connectivity index is 1.69. The van der Waals surface area contributed by atoms with Crippen LogP contribution in [0.15, 0.2) is 36.8 Å². The van der Waals surface area contributed by atoms with Gasteiger partial charge in [0.2, 0.25) is 0 Å². The molecule has 0 aliphatic heterocycles. The van der Waals surface area contributed by atoms with Crippen molar-refractivity contribution >= 4 is 34.2 Å². The summed E-state index contributed by atoms with van der Waals surface area (Å²) >= 11 is 2.09. The van der Waals surface area contributed by atoms with Gasteiger partial charge in [0.05, 0.1) is 35.2 Å². The molecule has 1 aromatic carbocycles. The standard InChI is InChI=1S/C19H22IN5O3/c1-4-27-16-7-6-13(8-17(16)28-5-2)10-25-11-14(9-21-25)22-19(26)18-15(20)12-24(3)23-18/h6-9,11-12H,4-5,10H2,1-3H3,(H,22,26). The highest BCUT2D eigenvalue weighted by Crippen LogP contribution is 2.29. The summed E-state index contributed by atoms with van der Waals surface area (Å²) in [5, 5.41) is 11.3. The molecule has 3 rings (SSSR count). The molecule has 0 spiro atoms. The maximum absolute atomic E-state index is 12.4. The summed E-state index contributed by atoms with van der Waals surface area (Å²) in [6.07, 6.45) is 5.19. The van der Waals surface area contributed by atoms with Gasteiger partial charge in [-0.25, -0.2) is 0 Å². The number of hydrogen-bond donors (Lipinski definition) is 1. The van der Waals surface area contributed by atoms with Crippen molar-refractivity contribution in [1.29, 1.82) is 0 Å². The number of carbonyl (C=O) groups is 1. The lowest BCUT2D eigenvalue weighted by Crippen LogP contribution is -2.13. The summed E-state index contributed by atoms with van der Waals surface area (Å²) in [5.74, 6) is 1.18. The van der Waals surface area contributed by atoms with E-state index in [-0.39, 0.29) is 5.91 Å². The van der Waals surface area contributed by atoms with Gasteiger partial charge in [-0.2, -0.15) is 10.2 Å². The molecule has 0 bridgehead atoms. The van der Waals surface area contributed by atoms with Crippen LogP contribution in [0, 0.1) is 3.57 Å². The zero-order valence-corrected chi connectivity index (χ0v) is 18.1. The zero-order chi connectivity index (χ0) is 20.1. The van der Waals surface area contributed by atoms with Crippen molar-refractivity contribution in [3.8, 4) is 11.5 Å². The van der Waals surface area contributed by atoms with Crippen LogP contribution in [0.3, 0.4) is 0 Å². The normalized spacial score (nSPS) is 10.7. The molecule has 9 heteroatoms. The summed E-state index contributed by atoms with van der Waals surface area (Å²) in [7, 11) is 1.78. The predicted octanol–water partition coefficient (Wildman–Crippen LogP) is 3.32. The first-order chi connectivity index (χ1) is 13.5. The topological polar surface area (TPSA) is 83.2 Å². The van der Waals surface area contributed by atoms with E-state index in [4.69, 9.17) is 9.47 Å². The fourth-order valence-corrected chi connectivity index (χ4v) is 3.46. The minimum atomic E-state index is -0.260. The Morgan fingerprint density at radius 1 is 1.18 bits per heavy atom. The number of nitrogens with zero attached hydrogens (tertiary/aromatic N) is 4. The molecule has 0 atom stereocenters. The minimum absolute atomic E-state index is 0.260. The summed E-state index contributed by atoms with van der Waals surface area (Å²) in [6, 6.07) is 5.83. The van der Waals surface area contributed by atoms with Crippen molar-refractivity contribution in [2.45, 2.75) is 20.4 Å². The number of halogens is 1. The highest BCUT2D eigenvalue weighted by Gasteiger charge is 2.15. The fourth-order valence-electron chi connectivity index (χ4n) is 2.70. The number of aryl methyl sites for hydroxylation is 1. The Bertz CT molecular complexity index is 966. The lowest BCUT2D eigenvalue weighted by Gasteiger charge is -2.12. The van der Waals surface area contributed by atoms with Crippen LogP contribution in [-0.2, 0) is 13.6 Å². The molecule has 0 saturated heterocycles. The first kappa shape index (κ1) is 20.2. The summed E-state index contributed by atoms with van der Waals surface area (Å²) in [5.41, 5.74) is 2.03. The SMILES string of the molecule is CCOc1ccc(Cn2cc(NC(=O)c3nn(C)cc3I)cn2)cc1OCC. The molecule has 2 heterocycles. The molecule has 0 fully saturated rings. The van der Waals surface area contributed by atoms with Crippen LogP contribution in [-0.4, -0.2) is 38.7 Å². The Kier molecular flexibility index (Phi) is 6.55. The van der Waals surface area contributed by atoms with Crippen LogP contribution in [0.5, 0.6) is 11.5 Å². The highest BCUT2D eigenvalue weighted by molar-refractivity contribution is 14.1. The van der Waals surface area contributed by atoms with Gasteiger partial charge >= 0.3 is 0 Å². The molecular formula is C19H22IN5O3.